The maximum absolute atomic E-state index is 10.7. The SMILES string of the molecule is Cc1nnc(SCC(=O)O)n1C(C)C1CC2CCC1C2. The highest BCUT2D eigenvalue weighted by molar-refractivity contribution is 7.99. The third-order valence-electron chi connectivity index (χ3n) is 4.98. The van der Waals surface area contributed by atoms with Gasteiger partial charge in [-0.3, -0.25) is 4.79 Å². The Morgan fingerprint density at radius 3 is 2.85 bits per heavy atom. The molecule has 2 fully saturated rings. The van der Waals surface area contributed by atoms with E-state index in [-0.39, 0.29) is 5.75 Å². The first kappa shape index (κ1) is 13.9. The van der Waals surface area contributed by atoms with Crippen LogP contribution in [-0.2, 0) is 4.79 Å². The first-order valence-corrected chi connectivity index (χ1v) is 8.31. The van der Waals surface area contributed by atoms with Crippen LogP contribution in [0, 0.1) is 24.7 Å². The third-order valence-corrected chi connectivity index (χ3v) is 5.91. The molecule has 0 radical (unpaired) electrons. The number of aromatic nitrogens is 3. The van der Waals surface area contributed by atoms with Crippen molar-refractivity contribution in [3.05, 3.63) is 5.82 Å². The van der Waals surface area contributed by atoms with Crippen molar-refractivity contribution < 1.29 is 9.90 Å². The minimum atomic E-state index is -0.810. The molecular weight excluding hydrogens is 274 g/mol. The summed E-state index contributed by atoms with van der Waals surface area (Å²) in [6, 6.07) is 0.372. The number of nitrogens with zero attached hydrogens (tertiary/aromatic N) is 3. The Hall–Kier alpha value is -1.04. The molecule has 0 aliphatic heterocycles. The van der Waals surface area contributed by atoms with E-state index in [2.05, 4.69) is 21.7 Å². The van der Waals surface area contributed by atoms with Crippen LogP contribution < -0.4 is 0 Å². The second-order valence-corrected chi connectivity index (χ2v) is 7.10. The van der Waals surface area contributed by atoms with Crippen LogP contribution in [0.4, 0.5) is 0 Å². The van der Waals surface area contributed by atoms with Gasteiger partial charge in [-0.2, -0.15) is 0 Å². The van der Waals surface area contributed by atoms with Crippen molar-refractivity contribution in [1.29, 1.82) is 0 Å². The van der Waals surface area contributed by atoms with Crippen LogP contribution >= 0.6 is 11.8 Å². The number of carboxylic acids is 1. The first-order valence-electron chi connectivity index (χ1n) is 7.32. The quantitative estimate of drug-likeness (QED) is 0.846. The van der Waals surface area contributed by atoms with E-state index >= 15 is 0 Å². The summed E-state index contributed by atoms with van der Waals surface area (Å²) >= 11 is 1.27. The molecule has 20 heavy (non-hydrogen) atoms. The maximum atomic E-state index is 10.7. The van der Waals surface area contributed by atoms with Gasteiger partial charge in [0.1, 0.15) is 5.82 Å². The fourth-order valence-electron chi connectivity index (χ4n) is 4.12. The minimum absolute atomic E-state index is 0.0432. The summed E-state index contributed by atoms with van der Waals surface area (Å²) in [6.07, 6.45) is 5.45. The van der Waals surface area contributed by atoms with Crippen molar-refractivity contribution in [3.63, 3.8) is 0 Å². The van der Waals surface area contributed by atoms with Crippen molar-refractivity contribution in [3.8, 4) is 0 Å². The van der Waals surface area contributed by atoms with Gasteiger partial charge in [-0.05, 0) is 50.9 Å². The lowest BCUT2D eigenvalue weighted by Gasteiger charge is -2.30. The third kappa shape index (κ3) is 2.45. The zero-order chi connectivity index (χ0) is 14.3. The number of carboxylic acid groups (broad SMARTS) is 1. The van der Waals surface area contributed by atoms with Gasteiger partial charge in [-0.15, -0.1) is 10.2 Å². The molecule has 6 heteroatoms. The van der Waals surface area contributed by atoms with Crippen molar-refractivity contribution in [2.75, 3.05) is 5.75 Å². The standard InChI is InChI=1S/C14H21N3O2S/c1-8(12-6-10-3-4-11(12)5-10)17-9(2)15-16-14(17)20-7-13(18)19/h8,10-12H,3-7H2,1-2H3,(H,18,19). The Morgan fingerprint density at radius 2 is 2.25 bits per heavy atom. The average Bonchev–Trinajstić information content (AvgIpc) is 3.10. The van der Waals surface area contributed by atoms with Gasteiger partial charge in [0.2, 0.25) is 0 Å². The van der Waals surface area contributed by atoms with E-state index in [1.165, 1.54) is 37.4 Å². The van der Waals surface area contributed by atoms with Gasteiger partial charge in [0.25, 0.3) is 0 Å². The van der Waals surface area contributed by atoms with Gasteiger partial charge < -0.3 is 9.67 Å². The summed E-state index contributed by atoms with van der Waals surface area (Å²) in [5.74, 6) is 2.59. The Bertz CT molecular complexity index is 517. The monoisotopic (exact) mass is 295 g/mol. The molecule has 4 unspecified atom stereocenters. The maximum Gasteiger partial charge on any atom is 0.313 e. The predicted molar refractivity (Wildman–Crippen MR) is 76.8 cm³/mol. The number of aliphatic carboxylic acids is 1. The van der Waals surface area contributed by atoms with E-state index in [9.17, 15) is 4.79 Å². The summed E-state index contributed by atoms with van der Waals surface area (Å²) in [6.45, 7) is 4.20. The highest BCUT2D eigenvalue weighted by Gasteiger charge is 2.43. The number of hydrogen-bond donors (Lipinski definition) is 1. The molecule has 1 aromatic rings. The van der Waals surface area contributed by atoms with E-state index in [1.807, 2.05) is 6.92 Å². The molecule has 0 amide bonds. The van der Waals surface area contributed by atoms with E-state index in [0.717, 1.165) is 22.8 Å². The first-order chi connectivity index (χ1) is 9.56. The smallest absolute Gasteiger partial charge is 0.313 e. The Morgan fingerprint density at radius 1 is 1.45 bits per heavy atom. The van der Waals surface area contributed by atoms with E-state index in [0.29, 0.717) is 12.0 Å². The number of fused-ring (bicyclic) bond motifs is 2. The molecule has 0 saturated heterocycles. The van der Waals surface area contributed by atoms with Crippen LogP contribution in [0.1, 0.15) is 44.5 Å². The number of thioether (sulfide) groups is 1. The van der Waals surface area contributed by atoms with Crippen molar-refractivity contribution in [2.24, 2.45) is 17.8 Å². The molecule has 1 N–H and O–H groups in total. The zero-order valence-corrected chi connectivity index (χ0v) is 12.8. The van der Waals surface area contributed by atoms with E-state index in [1.54, 1.807) is 0 Å². The molecule has 1 aromatic heterocycles. The van der Waals surface area contributed by atoms with E-state index < -0.39 is 5.97 Å². The molecule has 0 spiro atoms. The van der Waals surface area contributed by atoms with Gasteiger partial charge in [-0.25, -0.2) is 0 Å². The van der Waals surface area contributed by atoms with Gasteiger partial charge in [0.05, 0.1) is 5.75 Å². The fraction of sp³-hybridized carbons (Fsp3) is 0.786. The van der Waals surface area contributed by atoms with Gasteiger partial charge >= 0.3 is 5.97 Å². The minimum Gasteiger partial charge on any atom is -0.481 e. The lowest BCUT2D eigenvalue weighted by molar-refractivity contribution is -0.133. The second kappa shape index (κ2) is 5.39. The van der Waals surface area contributed by atoms with Gasteiger partial charge in [0.15, 0.2) is 5.16 Å². The van der Waals surface area contributed by atoms with Crippen LogP contribution in [-0.4, -0.2) is 31.6 Å². The Labute approximate surface area is 123 Å². The number of rotatable bonds is 5. The molecule has 1 heterocycles. The summed E-state index contributed by atoms with van der Waals surface area (Å²) in [4.78, 5) is 10.7. The van der Waals surface area contributed by atoms with Crippen LogP contribution in [0.15, 0.2) is 5.16 Å². The largest absolute Gasteiger partial charge is 0.481 e. The molecule has 110 valence electrons. The summed E-state index contributed by atoms with van der Waals surface area (Å²) in [5.41, 5.74) is 0. The van der Waals surface area contributed by atoms with Gasteiger partial charge in [0, 0.05) is 6.04 Å². The predicted octanol–water partition coefficient (Wildman–Crippen LogP) is 2.76. The molecule has 2 bridgehead atoms. The average molecular weight is 295 g/mol. The molecule has 2 saturated carbocycles. The van der Waals surface area contributed by atoms with Crippen molar-refractivity contribution in [2.45, 2.75) is 50.7 Å². The van der Waals surface area contributed by atoms with Gasteiger partial charge in [-0.1, -0.05) is 18.2 Å². The lowest BCUT2D eigenvalue weighted by Crippen LogP contribution is -2.23. The summed E-state index contributed by atoms with van der Waals surface area (Å²) < 4.78 is 2.15. The van der Waals surface area contributed by atoms with Crippen molar-refractivity contribution >= 4 is 17.7 Å². The highest BCUT2D eigenvalue weighted by Crippen LogP contribution is 2.52. The van der Waals surface area contributed by atoms with Crippen LogP contribution in [0.3, 0.4) is 0 Å². The topological polar surface area (TPSA) is 68.0 Å². The Balaban J connectivity index is 1.78. The van der Waals surface area contributed by atoms with Crippen molar-refractivity contribution in [1.82, 2.24) is 14.8 Å². The fourth-order valence-corrected chi connectivity index (χ4v) is 4.91. The molecule has 2 aliphatic rings. The lowest BCUT2D eigenvalue weighted by atomic mass is 9.84. The number of carbonyl (C=O) groups is 1. The zero-order valence-electron chi connectivity index (χ0n) is 12.0. The Kier molecular flexibility index (Phi) is 3.75. The number of hydrogen-bond acceptors (Lipinski definition) is 4. The normalized spacial score (nSPS) is 29.8. The molecule has 0 aromatic carbocycles. The summed E-state index contributed by atoms with van der Waals surface area (Å²) in [5, 5.41) is 17.9. The summed E-state index contributed by atoms with van der Waals surface area (Å²) in [7, 11) is 0. The molecular formula is C14H21N3O2S. The number of aryl methyl sites for hydroxylation is 1. The molecule has 5 nitrogen and oxygen atoms in total. The molecule has 3 rings (SSSR count). The highest BCUT2D eigenvalue weighted by atomic mass is 32.2. The molecule has 4 atom stereocenters. The van der Waals surface area contributed by atoms with Crippen LogP contribution in [0.5, 0.6) is 0 Å². The second-order valence-electron chi connectivity index (χ2n) is 6.16. The molecule has 2 aliphatic carbocycles. The van der Waals surface area contributed by atoms with Crippen LogP contribution in [0.25, 0.3) is 0 Å². The van der Waals surface area contributed by atoms with Crippen LogP contribution in [0.2, 0.25) is 0 Å². The van der Waals surface area contributed by atoms with E-state index in [4.69, 9.17) is 5.11 Å².